The lowest BCUT2D eigenvalue weighted by Crippen LogP contribution is -2.51. The number of halogens is 4. The maximum Gasteiger partial charge on any atom is 0.534 e. The first-order valence-electron chi connectivity index (χ1n) is 10.9. The SMILES string of the molecule is CC(C)(C)OC(=O)N1[C@@H]2CC[C@H]1CC(Nc1nc(Cl)cc3nc(OS(=O)(=O)C(F)(F)F)ccc13)C2. The van der Waals surface area contributed by atoms with Crippen LogP contribution in [0.4, 0.5) is 23.8 Å². The van der Waals surface area contributed by atoms with Crippen LogP contribution >= 0.6 is 11.6 Å². The second-order valence-electron chi connectivity index (χ2n) is 9.58. The first-order valence-corrected chi connectivity index (χ1v) is 12.7. The number of fused-ring (bicyclic) bond motifs is 3. The predicted octanol–water partition coefficient (Wildman–Crippen LogP) is 4.85. The summed E-state index contributed by atoms with van der Waals surface area (Å²) in [6.07, 6.45) is 2.65. The second-order valence-corrected chi connectivity index (χ2v) is 11.5. The number of ether oxygens (including phenoxy) is 1. The van der Waals surface area contributed by atoms with E-state index in [1.54, 1.807) is 4.90 Å². The lowest BCUT2D eigenvalue weighted by molar-refractivity contribution is -0.0501. The summed E-state index contributed by atoms with van der Waals surface area (Å²) >= 11 is 6.10. The molecule has 1 N–H and O–H groups in total. The molecule has 2 bridgehead atoms. The molecule has 0 spiro atoms. The van der Waals surface area contributed by atoms with Crippen molar-refractivity contribution in [1.82, 2.24) is 14.9 Å². The molecule has 4 heterocycles. The molecular weight excluding hydrogens is 513 g/mol. The summed E-state index contributed by atoms with van der Waals surface area (Å²) in [7, 11) is -5.86. The average molecular weight is 537 g/mol. The van der Waals surface area contributed by atoms with Gasteiger partial charge in [-0.3, -0.25) is 0 Å². The zero-order valence-corrected chi connectivity index (χ0v) is 20.7. The van der Waals surface area contributed by atoms with Gasteiger partial charge in [0, 0.05) is 35.6 Å². The summed E-state index contributed by atoms with van der Waals surface area (Å²) < 4.78 is 70.2. The fraction of sp³-hybridized carbons (Fsp3) is 0.571. The van der Waals surface area contributed by atoms with Crippen molar-refractivity contribution < 1.29 is 35.3 Å². The molecule has 0 aliphatic carbocycles. The number of piperidine rings is 1. The van der Waals surface area contributed by atoms with E-state index in [-0.39, 0.29) is 34.9 Å². The van der Waals surface area contributed by atoms with Crippen LogP contribution in [0, 0.1) is 0 Å². The third kappa shape index (κ3) is 5.50. The molecule has 14 heteroatoms. The number of alkyl halides is 3. The van der Waals surface area contributed by atoms with Crippen molar-refractivity contribution in [3.63, 3.8) is 0 Å². The lowest BCUT2D eigenvalue weighted by Gasteiger charge is -2.39. The van der Waals surface area contributed by atoms with E-state index in [1.807, 2.05) is 20.8 Å². The van der Waals surface area contributed by atoms with Crippen LogP contribution in [-0.2, 0) is 14.9 Å². The monoisotopic (exact) mass is 536 g/mol. The Morgan fingerprint density at radius 1 is 1.14 bits per heavy atom. The number of aromatic nitrogens is 2. The zero-order chi connectivity index (χ0) is 25.8. The van der Waals surface area contributed by atoms with Crippen LogP contribution in [0.25, 0.3) is 10.9 Å². The van der Waals surface area contributed by atoms with E-state index < -0.39 is 27.1 Å². The van der Waals surface area contributed by atoms with E-state index in [1.165, 1.54) is 12.1 Å². The Balaban J connectivity index is 1.53. The molecule has 2 aromatic heterocycles. The van der Waals surface area contributed by atoms with Gasteiger partial charge in [0.15, 0.2) is 0 Å². The molecule has 192 valence electrons. The van der Waals surface area contributed by atoms with Crippen LogP contribution in [0.5, 0.6) is 5.88 Å². The average Bonchev–Trinajstić information content (AvgIpc) is 2.96. The molecule has 0 saturated carbocycles. The Kier molecular flexibility index (Phi) is 6.45. The molecule has 2 aromatic rings. The molecule has 2 fully saturated rings. The molecule has 4 rings (SSSR count). The van der Waals surface area contributed by atoms with Crippen molar-refractivity contribution in [2.24, 2.45) is 0 Å². The maximum atomic E-state index is 12.7. The van der Waals surface area contributed by atoms with Crippen LogP contribution in [-0.4, -0.2) is 58.6 Å². The molecule has 1 amide bonds. The number of anilines is 1. The van der Waals surface area contributed by atoms with E-state index in [9.17, 15) is 26.4 Å². The number of nitrogens with one attached hydrogen (secondary N) is 1. The Hall–Kier alpha value is -2.54. The van der Waals surface area contributed by atoms with Crippen molar-refractivity contribution in [2.45, 2.75) is 75.7 Å². The van der Waals surface area contributed by atoms with Gasteiger partial charge in [-0.15, -0.1) is 0 Å². The molecule has 0 radical (unpaired) electrons. The van der Waals surface area contributed by atoms with Crippen LogP contribution in [0.15, 0.2) is 18.2 Å². The predicted molar refractivity (Wildman–Crippen MR) is 122 cm³/mol. The fourth-order valence-corrected chi connectivity index (χ4v) is 5.10. The van der Waals surface area contributed by atoms with Gasteiger partial charge in [-0.2, -0.15) is 21.6 Å². The molecule has 2 aliphatic rings. The van der Waals surface area contributed by atoms with Crippen molar-refractivity contribution in [3.8, 4) is 5.88 Å². The number of hydrogen-bond donors (Lipinski definition) is 1. The number of carbonyl (C=O) groups excluding carboxylic acids is 1. The van der Waals surface area contributed by atoms with Gasteiger partial charge in [-0.25, -0.2) is 14.8 Å². The third-order valence-corrected chi connectivity index (χ3v) is 6.94. The summed E-state index contributed by atoms with van der Waals surface area (Å²) in [6.45, 7) is 5.46. The molecule has 2 aliphatic heterocycles. The van der Waals surface area contributed by atoms with E-state index >= 15 is 0 Å². The Labute approximate surface area is 205 Å². The number of amides is 1. The molecule has 35 heavy (non-hydrogen) atoms. The molecular formula is C21H24ClF3N4O5S. The molecule has 9 nitrogen and oxygen atoms in total. The largest absolute Gasteiger partial charge is 0.534 e. The van der Waals surface area contributed by atoms with Crippen LogP contribution in [0.3, 0.4) is 0 Å². The van der Waals surface area contributed by atoms with Crippen molar-refractivity contribution >= 4 is 44.5 Å². The summed E-state index contributed by atoms with van der Waals surface area (Å²) in [5.41, 5.74) is -6.07. The highest BCUT2D eigenvalue weighted by molar-refractivity contribution is 7.87. The zero-order valence-electron chi connectivity index (χ0n) is 19.1. The fourth-order valence-electron chi connectivity index (χ4n) is 4.50. The third-order valence-electron chi connectivity index (χ3n) is 5.79. The minimum atomic E-state index is -5.86. The normalized spacial score (nSPS) is 22.8. The minimum absolute atomic E-state index is 0.00255. The van der Waals surface area contributed by atoms with E-state index in [4.69, 9.17) is 16.3 Å². The van der Waals surface area contributed by atoms with Gasteiger partial charge in [-0.05, 0) is 52.5 Å². The number of pyridine rings is 2. The first kappa shape index (κ1) is 25.5. The Morgan fingerprint density at radius 3 is 2.34 bits per heavy atom. The summed E-state index contributed by atoms with van der Waals surface area (Å²) in [6, 6.07) is 3.61. The van der Waals surface area contributed by atoms with Crippen molar-refractivity contribution in [2.75, 3.05) is 5.32 Å². The van der Waals surface area contributed by atoms with Crippen LogP contribution in [0.2, 0.25) is 5.15 Å². The van der Waals surface area contributed by atoms with Crippen LogP contribution < -0.4 is 9.50 Å². The quantitative estimate of drug-likeness (QED) is 0.335. The topological polar surface area (TPSA) is 111 Å². The first-order chi connectivity index (χ1) is 16.1. The van der Waals surface area contributed by atoms with Gasteiger partial charge in [0.2, 0.25) is 5.88 Å². The van der Waals surface area contributed by atoms with Gasteiger partial charge in [0.05, 0.1) is 5.52 Å². The van der Waals surface area contributed by atoms with E-state index in [0.29, 0.717) is 24.0 Å². The number of nitrogens with zero attached hydrogens (tertiary/aromatic N) is 3. The van der Waals surface area contributed by atoms with Gasteiger partial charge in [0.25, 0.3) is 0 Å². The molecule has 1 unspecified atom stereocenters. The lowest BCUT2D eigenvalue weighted by atomic mass is 9.97. The van der Waals surface area contributed by atoms with Gasteiger partial charge in [0.1, 0.15) is 16.6 Å². The highest BCUT2D eigenvalue weighted by Crippen LogP contribution is 2.38. The number of rotatable bonds is 4. The standard InChI is InChI=1S/C21H24ClF3N4O5S/c1-20(2,3)33-19(30)29-12-4-5-13(29)9-11(8-12)26-18-14-6-7-17(27-15(14)10-16(22)28-18)34-35(31,32)21(23,24)25/h6-7,10-13H,4-5,8-9H2,1-3H3,(H,26,28)/t11?,12-,13+. The summed E-state index contributed by atoms with van der Waals surface area (Å²) in [5.74, 6) is -0.396. The number of carbonyl (C=O) groups is 1. The highest BCUT2D eigenvalue weighted by Gasteiger charge is 2.49. The van der Waals surface area contributed by atoms with Gasteiger partial charge in [-0.1, -0.05) is 11.6 Å². The molecule has 0 aromatic carbocycles. The molecule has 2 saturated heterocycles. The highest BCUT2D eigenvalue weighted by atomic mass is 35.5. The number of hydrogen-bond acceptors (Lipinski definition) is 8. The second kappa shape index (κ2) is 8.84. The smallest absolute Gasteiger partial charge is 0.444 e. The van der Waals surface area contributed by atoms with Crippen LogP contribution in [0.1, 0.15) is 46.5 Å². The summed E-state index contributed by atoms with van der Waals surface area (Å²) in [4.78, 5) is 22.6. The maximum absolute atomic E-state index is 12.7. The van der Waals surface area contributed by atoms with Gasteiger partial charge >= 0.3 is 21.7 Å². The summed E-state index contributed by atoms with van der Waals surface area (Å²) in [5, 5.41) is 3.75. The van der Waals surface area contributed by atoms with Crippen molar-refractivity contribution in [1.29, 1.82) is 0 Å². The minimum Gasteiger partial charge on any atom is -0.444 e. The van der Waals surface area contributed by atoms with E-state index in [2.05, 4.69) is 19.5 Å². The van der Waals surface area contributed by atoms with E-state index in [0.717, 1.165) is 18.9 Å². The van der Waals surface area contributed by atoms with Gasteiger partial charge < -0.3 is 19.1 Å². The Morgan fingerprint density at radius 2 is 1.77 bits per heavy atom. The molecule has 3 atom stereocenters. The van der Waals surface area contributed by atoms with Crippen molar-refractivity contribution in [3.05, 3.63) is 23.4 Å². The Bertz CT molecular complexity index is 1240.